The molecular formula is C21H24O2. The SMILES string of the molecule is COc1ccc2c(c1)CCC1=C2CC[C@]2(C(C)C)C(=O)CC=C12. The summed E-state index contributed by atoms with van der Waals surface area (Å²) in [6, 6.07) is 6.45. The number of rotatable bonds is 2. The predicted molar refractivity (Wildman–Crippen MR) is 92.4 cm³/mol. The Hall–Kier alpha value is -1.83. The van der Waals surface area contributed by atoms with Crippen LogP contribution in [0.25, 0.3) is 5.57 Å². The lowest BCUT2D eigenvalue weighted by atomic mass is 9.60. The second-order valence-electron chi connectivity index (χ2n) is 7.35. The highest BCUT2D eigenvalue weighted by atomic mass is 16.5. The van der Waals surface area contributed by atoms with E-state index in [0.717, 1.165) is 31.4 Å². The van der Waals surface area contributed by atoms with Crippen molar-refractivity contribution in [2.45, 2.75) is 46.0 Å². The second-order valence-corrected chi connectivity index (χ2v) is 7.35. The minimum absolute atomic E-state index is 0.206. The molecule has 0 saturated heterocycles. The van der Waals surface area contributed by atoms with Crippen LogP contribution in [0.1, 0.15) is 50.7 Å². The Balaban J connectivity index is 1.85. The monoisotopic (exact) mass is 308 g/mol. The van der Waals surface area contributed by atoms with Crippen LogP contribution in [-0.2, 0) is 11.2 Å². The van der Waals surface area contributed by atoms with Gasteiger partial charge in [0.1, 0.15) is 11.5 Å². The van der Waals surface area contributed by atoms with Gasteiger partial charge in [0.25, 0.3) is 0 Å². The fourth-order valence-electron chi connectivity index (χ4n) is 4.97. The fourth-order valence-corrected chi connectivity index (χ4v) is 4.97. The van der Waals surface area contributed by atoms with Gasteiger partial charge in [0.2, 0.25) is 0 Å². The molecule has 4 rings (SSSR count). The summed E-state index contributed by atoms with van der Waals surface area (Å²) in [5.74, 6) is 1.76. The number of ketones is 1. The number of carbonyl (C=O) groups is 1. The number of ether oxygens (including phenoxy) is 1. The summed E-state index contributed by atoms with van der Waals surface area (Å²) in [4.78, 5) is 12.7. The van der Waals surface area contributed by atoms with Gasteiger partial charge in [-0.25, -0.2) is 0 Å². The zero-order valence-electron chi connectivity index (χ0n) is 14.2. The van der Waals surface area contributed by atoms with Gasteiger partial charge in [-0.3, -0.25) is 4.79 Å². The van der Waals surface area contributed by atoms with Gasteiger partial charge in [0, 0.05) is 6.42 Å². The van der Waals surface area contributed by atoms with Gasteiger partial charge < -0.3 is 4.74 Å². The Morgan fingerprint density at radius 3 is 2.70 bits per heavy atom. The lowest BCUT2D eigenvalue weighted by Gasteiger charge is -2.42. The Morgan fingerprint density at radius 2 is 1.96 bits per heavy atom. The molecule has 0 unspecified atom stereocenters. The average molecular weight is 308 g/mol. The third-order valence-electron chi connectivity index (χ3n) is 6.20. The highest BCUT2D eigenvalue weighted by Crippen LogP contribution is 2.57. The fraction of sp³-hybridized carbons (Fsp3) is 0.476. The van der Waals surface area contributed by atoms with Crippen LogP contribution >= 0.6 is 0 Å². The maximum Gasteiger partial charge on any atom is 0.147 e. The lowest BCUT2D eigenvalue weighted by Crippen LogP contribution is -2.38. The van der Waals surface area contributed by atoms with Crippen LogP contribution in [0.2, 0.25) is 0 Å². The summed E-state index contributed by atoms with van der Waals surface area (Å²) in [5.41, 5.74) is 6.87. The summed E-state index contributed by atoms with van der Waals surface area (Å²) >= 11 is 0. The molecule has 0 spiro atoms. The van der Waals surface area contributed by atoms with Gasteiger partial charge in [-0.15, -0.1) is 0 Å². The number of methoxy groups -OCH3 is 1. The summed E-state index contributed by atoms with van der Waals surface area (Å²) in [6.07, 6.45) is 6.95. The van der Waals surface area contributed by atoms with Gasteiger partial charge >= 0.3 is 0 Å². The number of fused-ring (bicyclic) bond motifs is 4. The first kappa shape index (κ1) is 14.7. The molecule has 1 aromatic carbocycles. The van der Waals surface area contributed by atoms with Crippen molar-refractivity contribution < 1.29 is 9.53 Å². The molecule has 0 aliphatic heterocycles. The number of hydrogen-bond acceptors (Lipinski definition) is 2. The second kappa shape index (κ2) is 5.09. The molecule has 3 aliphatic rings. The number of carbonyl (C=O) groups excluding carboxylic acids is 1. The smallest absolute Gasteiger partial charge is 0.147 e. The summed E-state index contributed by atoms with van der Waals surface area (Å²) in [6.45, 7) is 4.43. The van der Waals surface area contributed by atoms with Crippen molar-refractivity contribution in [1.82, 2.24) is 0 Å². The first-order valence-corrected chi connectivity index (χ1v) is 8.71. The lowest BCUT2D eigenvalue weighted by molar-refractivity contribution is -0.127. The topological polar surface area (TPSA) is 26.3 Å². The van der Waals surface area contributed by atoms with Crippen LogP contribution < -0.4 is 4.74 Å². The van der Waals surface area contributed by atoms with Crippen molar-refractivity contribution in [2.75, 3.05) is 7.11 Å². The van der Waals surface area contributed by atoms with Crippen LogP contribution in [0, 0.1) is 11.3 Å². The van der Waals surface area contributed by atoms with Crippen molar-refractivity contribution in [3.05, 3.63) is 46.5 Å². The van der Waals surface area contributed by atoms with E-state index in [4.69, 9.17) is 4.74 Å². The van der Waals surface area contributed by atoms with E-state index in [9.17, 15) is 4.79 Å². The predicted octanol–water partition coefficient (Wildman–Crippen LogP) is 4.73. The maximum absolute atomic E-state index is 12.7. The molecular weight excluding hydrogens is 284 g/mol. The zero-order valence-corrected chi connectivity index (χ0v) is 14.2. The van der Waals surface area contributed by atoms with Crippen LogP contribution in [0.4, 0.5) is 0 Å². The van der Waals surface area contributed by atoms with E-state index in [0.29, 0.717) is 18.1 Å². The first-order valence-electron chi connectivity index (χ1n) is 8.71. The van der Waals surface area contributed by atoms with E-state index in [1.165, 1.54) is 27.8 Å². The maximum atomic E-state index is 12.7. The van der Waals surface area contributed by atoms with Gasteiger partial charge in [-0.05, 0) is 71.6 Å². The van der Waals surface area contributed by atoms with E-state index in [1.54, 1.807) is 7.11 Å². The molecule has 0 fully saturated rings. The molecule has 0 amide bonds. The van der Waals surface area contributed by atoms with Crippen molar-refractivity contribution >= 4 is 11.4 Å². The quantitative estimate of drug-likeness (QED) is 0.789. The first-order chi connectivity index (χ1) is 11.1. The molecule has 0 bridgehead atoms. The third kappa shape index (κ3) is 1.90. The number of hydrogen-bond donors (Lipinski definition) is 0. The largest absolute Gasteiger partial charge is 0.497 e. The van der Waals surface area contributed by atoms with Gasteiger partial charge in [-0.1, -0.05) is 26.0 Å². The molecule has 3 aliphatic carbocycles. The molecule has 120 valence electrons. The Labute approximate surface area is 138 Å². The normalized spacial score (nSPS) is 25.9. The zero-order chi connectivity index (χ0) is 16.2. The number of benzene rings is 1. The standard InChI is InChI=1S/C21H24O2/c1-13(2)21-11-10-17-16-7-5-15(23-3)12-14(16)4-6-18(17)19(21)8-9-20(21)22/h5,7-8,12-13H,4,6,9-11H2,1-3H3/t21-/m1/s1. The molecule has 1 aromatic rings. The summed E-state index contributed by atoms with van der Waals surface area (Å²) in [5, 5.41) is 0. The highest BCUT2D eigenvalue weighted by molar-refractivity contribution is 5.97. The van der Waals surface area contributed by atoms with E-state index < -0.39 is 0 Å². The molecule has 0 heterocycles. The number of allylic oxidation sites excluding steroid dienone is 4. The highest BCUT2D eigenvalue weighted by Gasteiger charge is 2.50. The Bertz CT molecular complexity index is 751. The van der Waals surface area contributed by atoms with E-state index in [2.05, 4.69) is 38.1 Å². The Kier molecular flexibility index (Phi) is 3.26. The van der Waals surface area contributed by atoms with Crippen LogP contribution in [0.5, 0.6) is 5.75 Å². The molecule has 1 atom stereocenters. The molecule has 0 radical (unpaired) electrons. The number of aryl methyl sites for hydroxylation is 1. The van der Waals surface area contributed by atoms with E-state index in [-0.39, 0.29) is 5.41 Å². The van der Waals surface area contributed by atoms with Gasteiger partial charge in [0.15, 0.2) is 0 Å². The molecule has 23 heavy (non-hydrogen) atoms. The number of Topliss-reactive ketones (excluding diaryl/α,β-unsaturated/α-hetero) is 1. The molecule has 0 aromatic heterocycles. The molecule has 2 heteroatoms. The summed E-state index contributed by atoms with van der Waals surface area (Å²) in [7, 11) is 1.72. The van der Waals surface area contributed by atoms with Crippen LogP contribution in [-0.4, -0.2) is 12.9 Å². The van der Waals surface area contributed by atoms with Crippen molar-refractivity contribution in [3.63, 3.8) is 0 Å². The van der Waals surface area contributed by atoms with Crippen LogP contribution in [0.3, 0.4) is 0 Å². The van der Waals surface area contributed by atoms with Gasteiger partial charge in [-0.2, -0.15) is 0 Å². The molecule has 0 saturated carbocycles. The minimum atomic E-state index is -0.206. The molecule has 0 N–H and O–H groups in total. The van der Waals surface area contributed by atoms with Gasteiger partial charge in [0.05, 0.1) is 12.5 Å². The van der Waals surface area contributed by atoms with Crippen molar-refractivity contribution in [1.29, 1.82) is 0 Å². The average Bonchev–Trinajstić information content (AvgIpc) is 2.92. The van der Waals surface area contributed by atoms with Crippen molar-refractivity contribution in [3.8, 4) is 5.75 Å². The van der Waals surface area contributed by atoms with Crippen LogP contribution in [0.15, 0.2) is 35.4 Å². The van der Waals surface area contributed by atoms with Crippen molar-refractivity contribution in [2.24, 2.45) is 11.3 Å². The van der Waals surface area contributed by atoms with E-state index in [1.807, 2.05) is 0 Å². The minimum Gasteiger partial charge on any atom is -0.497 e. The Morgan fingerprint density at radius 1 is 1.13 bits per heavy atom. The van der Waals surface area contributed by atoms with E-state index >= 15 is 0 Å². The summed E-state index contributed by atoms with van der Waals surface area (Å²) < 4.78 is 5.38. The molecule has 2 nitrogen and oxygen atoms in total. The third-order valence-corrected chi connectivity index (χ3v) is 6.20.